The third kappa shape index (κ3) is 5.16. The summed E-state index contributed by atoms with van der Waals surface area (Å²) in [6, 6.07) is 24.0. The fourth-order valence-electron chi connectivity index (χ4n) is 2.31. The van der Waals surface area contributed by atoms with E-state index in [0.717, 1.165) is 0 Å². The van der Waals surface area contributed by atoms with Gasteiger partial charge in [0.05, 0.1) is 17.1 Å². The molecule has 0 spiro atoms. The molecule has 6 nitrogen and oxygen atoms in total. The predicted octanol–water partition coefficient (Wildman–Crippen LogP) is 3.40. The van der Waals surface area contributed by atoms with E-state index in [1.54, 1.807) is 54.6 Å². The van der Waals surface area contributed by atoms with Crippen LogP contribution in [0.3, 0.4) is 0 Å². The molecule has 0 saturated heterocycles. The zero-order valence-electron chi connectivity index (χ0n) is 14.3. The van der Waals surface area contributed by atoms with Gasteiger partial charge in [-0.05, 0) is 36.4 Å². The summed E-state index contributed by atoms with van der Waals surface area (Å²) in [7, 11) is -3.75. The van der Waals surface area contributed by atoms with Crippen molar-refractivity contribution >= 4 is 21.6 Å². The lowest BCUT2D eigenvalue weighted by atomic mass is 10.3. The third-order valence-electron chi connectivity index (χ3n) is 3.61. The molecule has 0 bridgehead atoms. The Morgan fingerprint density at radius 1 is 0.815 bits per heavy atom. The van der Waals surface area contributed by atoms with Gasteiger partial charge in [-0.25, -0.2) is 13.1 Å². The van der Waals surface area contributed by atoms with Crippen molar-refractivity contribution in [1.29, 1.82) is 0 Å². The van der Waals surface area contributed by atoms with Crippen LogP contribution in [0.25, 0.3) is 0 Å². The molecule has 0 fully saturated rings. The topological polar surface area (TPSA) is 84.5 Å². The van der Waals surface area contributed by atoms with Crippen molar-refractivity contribution in [3.63, 3.8) is 0 Å². The Hall–Kier alpha value is -3.16. The van der Waals surface area contributed by atoms with Crippen molar-refractivity contribution in [1.82, 2.24) is 4.72 Å². The highest BCUT2D eigenvalue weighted by Crippen LogP contribution is 2.28. The number of nitrogens with one attached hydrogen (secondary N) is 2. The highest BCUT2D eigenvalue weighted by atomic mass is 32.2. The Balaban J connectivity index is 1.65. The summed E-state index contributed by atoms with van der Waals surface area (Å²) < 4.78 is 32.4. The molecule has 0 atom stereocenters. The minimum absolute atomic E-state index is 0.102. The van der Waals surface area contributed by atoms with Gasteiger partial charge in [0, 0.05) is 0 Å². The van der Waals surface area contributed by atoms with Crippen LogP contribution < -0.4 is 14.8 Å². The fourth-order valence-corrected chi connectivity index (χ4v) is 3.32. The summed E-state index contributed by atoms with van der Waals surface area (Å²) in [5.41, 5.74) is 0.449. The van der Waals surface area contributed by atoms with Gasteiger partial charge in [0.25, 0.3) is 0 Å². The van der Waals surface area contributed by atoms with Crippen LogP contribution in [0, 0.1) is 0 Å². The molecule has 3 aromatic rings. The lowest BCUT2D eigenvalue weighted by Gasteiger charge is -2.12. The average molecular weight is 382 g/mol. The molecular formula is C20H18N2O4S. The molecular weight excluding hydrogens is 364 g/mol. The van der Waals surface area contributed by atoms with E-state index in [9.17, 15) is 13.2 Å². The summed E-state index contributed by atoms with van der Waals surface area (Å²) in [6.07, 6.45) is 0. The molecule has 1 amide bonds. The number of sulfonamides is 1. The minimum Gasteiger partial charge on any atom is -0.455 e. The lowest BCUT2D eigenvalue weighted by Crippen LogP contribution is -2.32. The number of benzene rings is 3. The number of amides is 1. The summed E-state index contributed by atoms with van der Waals surface area (Å²) in [5.74, 6) is 0.588. The molecule has 0 aliphatic rings. The third-order valence-corrected chi connectivity index (χ3v) is 5.03. The molecule has 0 aliphatic heterocycles. The number of ether oxygens (including phenoxy) is 1. The molecule has 27 heavy (non-hydrogen) atoms. The summed E-state index contributed by atoms with van der Waals surface area (Å²) in [4.78, 5) is 12.3. The molecule has 0 unspecified atom stereocenters. The largest absolute Gasteiger partial charge is 0.455 e. The van der Waals surface area contributed by atoms with Crippen LogP contribution in [0.4, 0.5) is 5.69 Å². The number of carbonyl (C=O) groups is 1. The Labute approximate surface area is 157 Å². The molecule has 0 radical (unpaired) electrons. The van der Waals surface area contributed by atoms with Crippen LogP contribution >= 0.6 is 0 Å². The van der Waals surface area contributed by atoms with Gasteiger partial charge in [-0.15, -0.1) is 0 Å². The van der Waals surface area contributed by atoms with Crippen molar-refractivity contribution in [2.24, 2.45) is 0 Å². The molecule has 0 aromatic heterocycles. The van der Waals surface area contributed by atoms with E-state index in [-0.39, 0.29) is 4.90 Å². The smallest absolute Gasteiger partial charge is 0.241 e. The van der Waals surface area contributed by atoms with Crippen molar-refractivity contribution in [3.8, 4) is 11.5 Å². The summed E-state index contributed by atoms with van der Waals surface area (Å²) >= 11 is 0. The van der Waals surface area contributed by atoms with Crippen LogP contribution in [-0.4, -0.2) is 20.9 Å². The number of hydrogen-bond donors (Lipinski definition) is 2. The second-order valence-electron chi connectivity index (χ2n) is 5.60. The van der Waals surface area contributed by atoms with E-state index in [0.29, 0.717) is 17.2 Å². The van der Waals surface area contributed by atoms with E-state index < -0.39 is 22.5 Å². The van der Waals surface area contributed by atoms with Gasteiger partial charge in [-0.1, -0.05) is 48.5 Å². The predicted molar refractivity (Wildman–Crippen MR) is 103 cm³/mol. The van der Waals surface area contributed by atoms with Gasteiger partial charge >= 0.3 is 0 Å². The Bertz CT molecular complexity index is 1010. The van der Waals surface area contributed by atoms with Crippen molar-refractivity contribution in [2.75, 3.05) is 11.9 Å². The first-order valence-corrected chi connectivity index (χ1v) is 9.69. The number of carbonyl (C=O) groups excluding carboxylic acids is 1. The molecule has 7 heteroatoms. The summed E-state index contributed by atoms with van der Waals surface area (Å²) in [5, 5.41) is 2.66. The van der Waals surface area contributed by atoms with Crippen molar-refractivity contribution in [2.45, 2.75) is 4.90 Å². The lowest BCUT2D eigenvalue weighted by molar-refractivity contribution is -0.115. The first-order chi connectivity index (χ1) is 13.0. The number of anilines is 1. The molecule has 0 heterocycles. The minimum atomic E-state index is -3.75. The van der Waals surface area contributed by atoms with Crippen LogP contribution in [0.1, 0.15) is 0 Å². The van der Waals surface area contributed by atoms with Crippen molar-refractivity contribution in [3.05, 3.63) is 84.9 Å². The van der Waals surface area contributed by atoms with Gasteiger partial charge in [0.2, 0.25) is 15.9 Å². The Kier molecular flexibility index (Phi) is 5.85. The SMILES string of the molecule is O=C(CNS(=O)(=O)c1ccccc1)Nc1ccccc1Oc1ccccc1. The second-order valence-corrected chi connectivity index (χ2v) is 7.36. The molecule has 3 aromatic carbocycles. The maximum Gasteiger partial charge on any atom is 0.241 e. The zero-order chi connectivity index (χ0) is 19.1. The fraction of sp³-hybridized carbons (Fsp3) is 0.0500. The molecule has 0 saturated carbocycles. The van der Waals surface area contributed by atoms with Gasteiger partial charge in [-0.2, -0.15) is 0 Å². The Morgan fingerprint density at radius 2 is 1.41 bits per heavy atom. The molecule has 2 N–H and O–H groups in total. The highest BCUT2D eigenvalue weighted by Gasteiger charge is 2.15. The van der Waals surface area contributed by atoms with E-state index in [4.69, 9.17) is 4.74 Å². The van der Waals surface area contributed by atoms with Gasteiger partial charge in [0.1, 0.15) is 5.75 Å². The number of para-hydroxylation sites is 3. The zero-order valence-corrected chi connectivity index (χ0v) is 15.1. The quantitative estimate of drug-likeness (QED) is 0.656. The first-order valence-electron chi connectivity index (χ1n) is 8.21. The number of rotatable bonds is 7. The second kappa shape index (κ2) is 8.48. The van der Waals surface area contributed by atoms with E-state index in [1.165, 1.54) is 12.1 Å². The molecule has 3 rings (SSSR count). The average Bonchev–Trinajstić information content (AvgIpc) is 2.69. The van der Waals surface area contributed by atoms with Crippen LogP contribution in [-0.2, 0) is 14.8 Å². The number of hydrogen-bond acceptors (Lipinski definition) is 4. The van der Waals surface area contributed by atoms with E-state index in [2.05, 4.69) is 10.0 Å². The Morgan fingerprint density at radius 3 is 2.11 bits per heavy atom. The van der Waals surface area contributed by atoms with Gasteiger partial charge < -0.3 is 10.1 Å². The van der Waals surface area contributed by atoms with Gasteiger partial charge in [-0.3, -0.25) is 4.79 Å². The normalized spacial score (nSPS) is 11.0. The standard InChI is InChI=1S/C20H18N2O4S/c23-20(15-21-27(24,25)17-11-5-2-6-12-17)22-18-13-7-8-14-19(18)26-16-9-3-1-4-10-16/h1-14,21H,15H2,(H,22,23). The summed E-state index contributed by atoms with van der Waals surface area (Å²) in [6.45, 7) is -0.392. The van der Waals surface area contributed by atoms with Crippen molar-refractivity contribution < 1.29 is 17.9 Å². The maximum absolute atomic E-state index is 12.2. The van der Waals surface area contributed by atoms with Crippen LogP contribution in [0.5, 0.6) is 11.5 Å². The van der Waals surface area contributed by atoms with E-state index >= 15 is 0 Å². The maximum atomic E-state index is 12.2. The molecule has 0 aliphatic carbocycles. The highest BCUT2D eigenvalue weighted by molar-refractivity contribution is 7.89. The van der Waals surface area contributed by atoms with Gasteiger partial charge in [0.15, 0.2) is 5.75 Å². The van der Waals surface area contributed by atoms with Crippen LogP contribution in [0.2, 0.25) is 0 Å². The monoisotopic (exact) mass is 382 g/mol. The van der Waals surface area contributed by atoms with Crippen LogP contribution in [0.15, 0.2) is 89.8 Å². The van der Waals surface area contributed by atoms with E-state index in [1.807, 2.05) is 18.2 Å². The molecule has 138 valence electrons. The first kappa shape index (κ1) is 18.6.